The first-order valence-corrected chi connectivity index (χ1v) is 10.0. The monoisotopic (exact) mass is 380 g/mol. The molecule has 0 spiro atoms. The van der Waals surface area contributed by atoms with Gasteiger partial charge in [-0.25, -0.2) is 0 Å². The van der Waals surface area contributed by atoms with Gasteiger partial charge < -0.3 is 15.1 Å². The van der Waals surface area contributed by atoms with Gasteiger partial charge in [0.15, 0.2) is 0 Å². The van der Waals surface area contributed by atoms with Gasteiger partial charge in [-0.1, -0.05) is 48.0 Å². The van der Waals surface area contributed by atoms with Gasteiger partial charge in [-0.15, -0.1) is 0 Å². The predicted molar refractivity (Wildman–Crippen MR) is 112 cm³/mol. The summed E-state index contributed by atoms with van der Waals surface area (Å²) >= 11 is 6.55. The number of hydrogen-bond donors (Lipinski definition) is 2. The number of piperidine rings is 1. The van der Waals surface area contributed by atoms with Crippen molar-refractivity contribution in [1.29, 1.82) is 0 Å². The lowest BCUT2D eigenvalue weighted by Crippen LogP contribution is -2.33. The lowest BCUT2D eigenvalue weighted by Gasteiger charge is -2.22. The summed E-state index contributed by atoms with van der Waals surface area (Å²) in [6.07, 6.45) is 2.50. The molecule has 0 unspecified atom stereocenters. The summed E-state index contributed by atoms with van der Waals surface area (Å²) in [6.45, 7) is 4.07. The zero-order chi connectivity index (χ0) is 18.5. The van der Waals surface area contributed by atoms with Crippen molar-refractivity contribution in [3.63, 3.8) is 0 Å². The lowest BCUT2D eigenvalue weighted by atomic mass is 9.98. The van der Waals surface area contributed by atoms with Gasteiger partial charge >= 0.3 is 0 Å². The van der Waals surface area contributed by atoms with Crippen LogP contribution in [0.1, 0.15) is 18.6 Å². The minimum absolute atomic E-state index is 0.708. The standard InChI is InChI=1S/C23H25ClN2O/c24-22-14-19(18-4-2-1-3-5-18)6-8-21(22)23-9-7-20(27-23)16-26-15-17-10-12-25-13-11-17/h1-9,14,17,25-26H,10-13,15-16H2. The Morgan fingerprint density at radius 2 is 1.78 bits per heavy atom. The second-order valence-electron chi connectivity index (χ2n) is 7.15. The Morgan fingerprint density at radius 1 is 0.963 bits per heavy atom. The van der Waals surface area contributed by atoms with Crippen LogP contribution in [0.3, 0.4) is 0 Å². The molecule has 4 rings (SSSR count). The van der Waals surface area contributed by atoms with E-state index >= 15 is 0 Å². The topological polar surface area (TPSA) is 37.2 Å². The highest BCUT2D eigenvalue weighted by atomic mass is 35.5. The molecule has 1 fully saturated rings. The summed E-state index contributed by atoms with van der Waals surface area (Å²) in [5.74, 6) is 2.53. The molecule has 0 radical (unpaired) electrons. The Hall–Kier alpha value is -2.07. The van der Waals surface area contributed by atoms with Crippen molar-refractivity contribution in [1.82, 2.24) is 10.6 Å². The minimum atomic E-state index is 0.708. The normalized spacial score (nSPS) is 15.1. The van der Waals surface area contributed by atoms with Crippen molar-refractivity contribution in [3.8, 4) is 22.5 Å². The van der Waals surface area contributed by atoms with E-state index in [4.69, 9.17) is 16.0 Å². The molecule has 1 aliphatic heterocycles. The molecule has 4 heteroatoms. The van der Waals surface area contributed by atoms with Crippen LogP contribution in [0.25, 0.3) is 22.5 Å². The molecule has 140 valence electrons. The van der Waals surface area contributed by atoms with Crippen molar-refractivity contribution in [2.45, 2.75) is 19.4 Å². The van der Waals surface area contributed by atoms with Crippen LogP contribution < -0.4 is 10.6 Å². The number of rotatable bonds is 6. The molecule has 2 heterocycles. The Labute approximate surface area is 165 Å². The smallest absolute Gasteiger partial charge is 0.135 e. The molecule has 0 atom stereocenters. The Kier molecular flexibility index (Phi) is 5.93. The van der Waals surface area contributed by atoms with Crippen molar-refractivity contribution in [2.24, 2.45) is 5.92 Å². The molecule has 3 aromatic rings. The maximum atomic E-state index is 6.55. The highest BCUT2D eigenvalue weighted by Crippen LogP contribution is 2.33. The average Bonchev–Trinajstić information content (AvgIpc) is 3.18. The molecule has 1 aromatic heterocycles. The molecule has 3 nitrogen and oxygen atoms in total. The summed E-state index contributed by atoms with van der Waals surface area (Å²) in [5.41, 5.74) is 3.20. The van der Waals surface area contributed by atoms with Crippen LogP contribution in [0.15, 0.2) is 65.1 Å². The Balaban J connectivity index is 1.40. The number of halogens is 1. The van der Waals surface area contributed by atoms with Crippen LogP contribution in [0.4, 0.5) is 0 Å². The number of benzene rings is 2. The van der Waals surface area contributed by atoms with Gasteiger partial charge in [0.25, 0.3) is 0 Å². The zero-order valence-corrected chi connectivity index (χ0v) is 16.1. The van der Waals surface area contributed by atoms with E-state index in [9.17, 15) is 0 Å². The van der Waals surface area contributed by atoms with E-state index in [1.807, 2.05) is 42.5 Å². The Morgan fingerprint density at radius 3 is 2.56 bits per heavy atom. The molecule has 27 heavy (non-hydrogen) atoms. The second kappa shape index (κ2) is 8.75. The summed E-state index contributed by atoms with van der Waals surface area (Å²) in [7, 11) is 0. The largest absolute Gasteiger partial charge is 0.460 e. The van der Waals surface area contributed by atoms with Gasteiger partial charge in [-0.2, -0.15) is 0 Å². The molecule has 1 aliphatic rings. The van der Waals surface area contributed by atoms with Gasteiger partial charge in [0, 0.05) is 5.56 Å². The first kappa shape index (κ1) is 18.3. The summed E-state index contributed by atoms with van der Waals surface area (Å²) in [4.78, 5) is 0. The van der Waals surface area contributed by atoms with Crippen molar-refractivity contribution >= 4 is 11.6 Å². The summed E-state index contributed by atoms with van der Waals surface area (Å²) in [5, 5.41) is 7.64. The fraction of sp³-hybridized carbons (Fsp3) is 0.304. The van der Waals surface area contributed by atoms with Crippen molar-refractivity contribution in [3.05, 3.63) is 71.4 Å². The molecule has 0 amide bonds. The molecule has 0 bridgehead atoms. The fourth-order valence-corrected chi connectivity index (χ4v) is 3.90. The average molecular weight is 381 g/mol. The van der Waals surface area contributed by atoms with E-state index in [1.54, 1.807) is 0 Å². The first-order chi connectivity index (χ1) is 13.3. The van der Waals surface area contributed by atoms with E-state index < -0.39 is 0 Å². The summed E-state index contributed by atoms with van der Waals surface area (Å²) in [6, 6.07) is 20.4. The van der Waals surface area contributed by atoms with Crippen LogP contribution in [-0.4, -0.2) is 19.6 Å². The zero-order valence-electron chi connectivity index (χ0n) is 15.4. The van der Waals surface area contributed by atoms with Gasteiger partial charge in [0.05, 0.1) is 11.6 Å². The van der Waals surface area contributed by atoms with E-state index in [2.05, 4.69) is 28.8 Å². The molecular weight excluding hydrogens is 356 g/mol. The third-order valence-electron chi connectivity index (χ3n) is 5.19. The quantitative estimate of drug-likeness (QED) is 0.604. The number of nitrogens with one attached hydrogen (secondary N) is 2. The highest BCUT2D eigenvalue weighted by molar-refractivity contribution is 6.33. The van der Waals surface area contributed by atoms with Crippen LogP contribution in [0, 0.1) is 5.92 Å². The van der Waals surface area contributed by atoms with Crippen LogP contribution >= 0.6 is 11.6 Å². The van der Waals surface area contributed by atoms with Gasteiger partial charge in [-0.05, 0) is 73.8 Å². The fourth-order valence-electron chi connectivity index (χ4n) is 3.63. The molecule has 0 aliphatic carbocycles. The number of hydrogen-bond acceptors (Lipinski definition) is 3. The van der Waals surface area contributed by atoms with E-state index in [1.165, 1.54) is 12.8 Å². The molecule has 1 saturated heterocycles. The third-order valence-corrected chi connectivity index (χ3v) is 5.51. The minimum Gasteiger partial charge on any atom is -0.460 e. The van der Waals surface area contributed by atoms with Crippen LogP contribution in [0.5, 0.6) is 0 Å². The van der Waals surface area contributed by atoms with Gasteiger partial charge in [0.2, 0.25) is 0 Å². The SMILES string of the molecule is Clc1cc(-c2ccccc2)ccc1-c1ccc(CNCC2CCNCC2)o1. The second-order valence-corrected chi connectivity index (χ2v) is 7.56. The van der Waals surface area contributed by atoms with E-state index in [0.717, 1.165) is 60.3 Å². The van der Waals surface area contributed by atoms with Gasteiger partial charge in [0.1, 0.15) is 11.5 Å². The maximum Gasteiger partial charge on any atom is 0.135 e. The molecule has 2 N–H and O–H groups in total. The first-order valence-electron chi connectivity index (χ1n) is 9.65. The molecular formula is C23H25ClN2O. The van der Waals surface area contributed by atoms with Crippen molar-refractivity contribution < 1.29 is 4.42 Å². The van der Waals surface area contributed by atoms with Crippen molar-refractivity contribution in [2.75, 3.05) is 19.6 Å². The van der Waals surface area contributed by atoms with E-state index in [0.29, 0.717) is 5.02 Å². The highest BCUT2D eigenvalue weighted by Gasteiger charge is 2.13. The van der Waals surface area contributed by atoms with Crippen LogP contribution in [0.2, 0.25) is 5.02 Å². The third kappa shape index (κ3) is 4.62. The molecule has 2 aromatic carbocycles. The predicted octanol–water partition coefficient (Wildman–Crippen LogP) is 5.36. The number of furan rings is 1. The van der Waals surface area contributed by atoms with Crippen LogP contribution in [-0.2, 0) is 6.54 Å². The summed E-state index contributed by atoms with van der Waals surface area (Å²) < 4.78 is 6.03. The lowest BCUT2D eigenvalue weighted by molar-refractivity contribution is 0.350. The molecule has 0 saturated carbocycles. The van der Waals surface area contributed by atoms with E-state index in [-0.39, 0.29) is 0 Å². The maximum absolute atomic E-state index is 6.55. The van der Waals surface area contributed by atoms with Gasteiger partial charge in [-0.3, -0.25) is 0 Å². The Bertz CT molecular complexity index is 869.